The Balaban J connectivity index is 3.72. The van der Waals surface area contributed by atoms with Crippen LogP contribution in [0.2, 0.25) is 0 Å². The maximum Gasteiger partial charge on any atom is 0.146 e. The minimum absolute atomic E-state index is 0.423. The van der Waals surface area contributed by atoms with E-state index in [1.807, 2.05) is 0 Å². The lowest BCUT2D eigenvalue weighted by molar-refractivity contribution is 0.0116. The molecule has 0 rings (SSSR count). The van der Waals surface area contributed by atoms with Crippen LogP contribution in [-0.2, 0) is 9.16 Å². The maximum absolute atomic E-state index is 5.80. The fourth-order valence-electron chi connectivity index (χ4n) is 1.58. The molecule has 0 saturated heterocycles. The van der Waals surface area contributed by atoms with Gasteiger partial charge in [-0.2, -0.15) is 0 Å². The zero-order valence-corrected chi connectivity index (χ0v) is 12.4. The molecule has 0 radical (unpaired) electrons. The first kappa shape index (κ1) is 14.1. The monoisotopic (exact) mass is 218 g/mol. The van der Waals surface area contributed by atoms with Crippen molar-refractivity contribution in [1.82, 2.24) is 0 Å². The molecule has 0 N–H and O–H groups in total. The van der Waals surface area contributed by atoms with Crippen molar-refractivity contribution in [3.05, 3.63) is 0 Å². The van der Waals surface area contributed by atoms with E-state index in [9.17, 15) is 0 Å². The van der Waals surface area contributed by atoms with Gasteiger partial charge in [-0.3, -0.25) is 0 Å². The normalized spacial score (nSPS) is 12.2. The van der Waals surface area contributed by atoms with E-state index in [1.54, 1.807) is 0 Å². The SMILES string of the molecule is CC(C)CC(CC(C)C)OCCO[SiH3]. The molecule has 0 aliphatic heterocycles. The molecule has 0 spiro atoms. The first-order valence-electron chi connectivity index (χ1n) is 5.66. The second-order valence-corrected chi connectivity index (χ2v) is 5.32. The van der Waals surface area contributed by atoms with Crippen LogP contribution in [0, 0.1) is 11.8 Å². The number of rotatable bonds is 8. The second kappa shape index (κ2) is 8.45. The quantitative estimate of drug-likeness (QED) is 0.456. The Morgan fingerprint density at radius 3 is 1.79 bits per heavy atom. The van der Waals surface area contributed by atoms with Crippen molar-refractivity contribution >= 4 is 10.5 Å². The first-order valence-corrected chi connectivity index (χ1v) is 6.48. The van der Waals surface area contributed by atoms with Crippen LogP contribution in [0.15, 0.2) is 0 Å². The molecule has 14 heavy (non-hydrogen) atoms. The van der Waals surface area contributed by atoms with Crippen molar-refractivity contribution < 1.29 is 9.16 Å². The average Bonchev–Trinajstić information content (AvgIpc) is 2.02. The molecule has 3 heteroatoms. The zero-order valence-electron chi connectivity index (χ0n) is 10.4. The number of ether oxygens (including phenoxy) is 1. The van der Waals surface area contributed by atoms with Gasteiger partial charge < -0.3 is 9.16 Å². The van der Waals surface area contributed by atoms with Crippen LogP contribution in [0.5, 0.6) is 0 Å². The Kier molecular flexibility index (Phi) is 8.53. The molecule has 2 nitrogen and oxygen atoms in total. The highest BCUT2D eigenvalue weighted by Gasteiger charge is 2.12. The van der Waals surface area contributed by atoms with E-state index in [4.69, 9.17) is 9.16 Å². The van der Waals surface area contributed by atoms with Crippen molar-refractivity contribution in [1.29, 1.82) is 0 Å². The molecule has 0 aliphatic rings. The summed E-state index contributed by atoms with van der Waals surface area (Å²) < 4.78 is 10.9. The van der Waals surface area contributed by atoms with Gasteiger partial charge in [-0.1, -0.05) is 27.7 Å². The third kappa shape index (κ3) is 8.72. The van der Waals surface area contributed by atoms with E-state index in [2.05, 4.69) is 27.7 Å². The largest absolute Gasteiger partial charge is 0.426 e. The Labute approximate surface area is 91.9 Å². The molecule has 0 bridgehead atoms. The summed E-state index contributed by atoms with van der Waals surface area (Å²) in [7, 11) is 0.816. The van der Waals surface area contributed by atoms with E-state index in [0.717, 1.165) is 35.5 Å². The fraction of sp³-hybridized carbons (Fsp3) is 1.00. The highest BCUT2D eigenvalue weighted by atomic mass is 28.2. The van der Waals surface area contributed by atoms with Crippen LogP contribution in [0.3, 0.4) is 0 Å². The lowest BCUT2D eigenvalue weighted by atomic mass is 9.98. The van der Waals surface area contributed by atoms with Crippen LogP contribution in [0.25, 0.3) is 0 Å². The minimum atomic E-state index is 0.423. The highest BCUT2D eigenvalue weighted by molar-refractivity contribution is 5.97. The predicted molar refractivity (Wildman–Crippen MR) is 64.5 cm³/mol. The van der Waals surface area contributed by atoms with Gasteiger partial charge in [0.25, 0.3) is 0 Å². The van der Waals surface area contributed by atoms with Crippen LogP contribution >= 0.6 is 0 Å². The first-order chi connectivity index (χ1) is 6.56. The topological polar surface area (TPSA) is 18.5 Å². The van der Waals surface area contributed by atoms with Crippen molar-refractivity contribution in [2.45, 2.75) is 46.6 Å². The van der Waals surface area contributed by atoms with Crippen molar-refractivity contribution in [2.24, 2.45) is 11.8 Å². The van der Waals surface area contributed by atoms with Gasteiger partial charge in [0.1, 0.15) is 10.5 Å². The molecular weight excluding hydrogens is 192 g/mol. The van der Waals surface area contributed by atoms with Gasteiger partial charge in [0.2, 0.25) is 0 Å². The van der Waals surface area contributed by atoms with E-state index in [1.165, 1.54) is 12.8 Å². The van der Waals surface area contributed by atoms with Crippen molar-refractivity contribution in [2.75, 3.05) is 13.2 Å². The van der Waals surface area contributed by atoms with E-state index in [0.29, 0.717) is 6.10 Å². The summed E-state index contributed by atoms with van der Waals surface area (Å²) in [5.74, 6) is 1.44. The summed E-state index contributed by atoms with van der Waals surface area (Å²) in [4.78, 5) is 0. The molecule has 0 saturated carbocycles. The van der Waals surface area contributed by atoms with Crippen molar-refractivity contribution in [3.8, 4) is 0 Å². The summed E-state index contributed by atoms with van der Waals surface area (Å²) in [6.07, 6.45) is 2.75. The lowest BCUT2D eigenvalue weighted by Gasteiger charge is -2.21. The molecule has 0 amide bonds. The number of hydrogen-bond acceptors (Lipinski definition) is 2. The standard InChI is InChI=1S/C11H26O2Si/c1-9(2)7-11(8-10(3)4)12-5-6-13-14/h9-11H,5-8H2,1-4,14H3. The predicted octanol–water partition coefficient (Wildman–Crippen LogP) is 1.76. The van der Waals surface area contributed by atoms with Crippen LogP contribution < -0.4 is 0 Å². The van der Waals surface area contributed by atoms with E-state index >= 15 is 0 Å². The molecule has 0 atom stereocenters. The Morgan fingerprint density at radius 2 is 1.43 bits per heavy atom. The van der Waals surface area contributed by atoms with Gasteiger partial charge in [-0.05, 0) is 24.7 Å². The molecule has 0 fully saturated rings. The Morgan fingerprint density at radius 1 is 0.929 bits per heavy atom. The minimum Gasteiger partial charge on any atom is -0.426 e. The molecular formula is C11H26O2Si. The molecule has 0 aromatic heterocycles. The summed E-state index contributed by atoms with van der Waals surface area (Å²) in [5.41, 5.74) is 0. The van der Waals surface area contributed by atoms with Crippen LogP contribution in [-0.4, -0.2) is 29.8 Å². The molecule has 86 valence electrons. The molecule has 0 aromatic rings. The average molecular weight is 218 g/mol. The molecule has 0 heterocycles. The van der Waals surface area contributed by atoms with Gasteiger partial charge in [-0.25, -0.2) is 0 Å². The van der Waals surface area contributed by atoms with Gasteiger partial charge in [0.15, 0.2) is 0 Å². The summed E-state index contributed by atoms with van der Waals surface area (Å²) in [6, 6.07) is 0. The molecule has 0 unspecified atom stereocenters. The van der Waals surface area contributed by atoms with E-state index < -0.39 is 0 Å². The second-order valence-electron chi connectivity index (χ2n) is 4.74. The third-order valence-electron chi connectivity index (χ3n) is 2.11. The highest BCUT2D eigenvalue weighted by Crippen LogP contribution is 2.16. The molecule has 0 aliphatic carbocycles. The van der Waals surface area contributed by atoms with E-state index in [-0.39, 0.29) is 0 Å². The van der Waals surface area contributed by atoms with Crippen molar-refractivity contribution in [3.63, 3.8) is 0 Å². The summed E-state index contributed by atoms with van der Waals surface area (Å²) in [5, 5.41) is 0. The summed E-state index contributed by atoms with van der Waals surface area (Å²) in [6.45, 7) is 10.5. The van der Waals surface area contributed by atoms with Gasteiger partial charge in [-0.15, -0.1) is 0 Å². The fourth-order valence-corrected chi connectivity index (χ4v) is 1.75. The van der Waals surface area contributed by atoms with Gasteiger partial charge in [0, 0.05) is 0 Å². The third-order valence-corrected chi connectivity index (χ3v) is 2.52. The Bertz CT molecular complexity index is 116. The zero-order chi connectivity index (χ0) is 11.0. The van der Waals surface area contributed by atoms with Gasteiger partial charge >= 0.3 is 0 Å². The van der Waals surface area contributed by atoms with Gasteiger partial charge in [0.05, 0.1) is 19.3 Å². The van der Waals surface area contributed by atoms with Crippen LogP contribution in [0.1, 0.15) is 40.5 Å². The summed E-state index contributed by atoms with van der Waals surface area (Å²) >= 11 is 0. The van der Waals surface area contributed by atoms with Crippen LogP contribution in [0.4, 0.5) is 0 Å². The number of hydrogen-bond donors (Lipinski definition) is 0. The maximum atomic E-state index is 5.80. The smallest absolute Gasteiger partial charge is 0.146 e. The lowest BCUT2D eigenvalue weighted by Crippen LogP contribution is -2.20. The Hall–Kier alpha value is 0.137. The molecule has 0 aromatic carbocycles.